The van der Waals surface area contributed by atoms with Gasteiger partial charge in [0, 0.05) is 24.7 Å². The smallest absolute Gasteiger partial charge is 0.251 e. The summed E-state index contributed by atoms with van der Waals surface area (Å²) in [6.45, 7) is 8.12. The molecular formula is C22H31IN4O. The van der Waals surface area contributed by atoms with E-state index in [2.05, 4.69) is 40.0 Å². The Labute approximate surface area is 185 Å². The van der Waals surface area contributed by atoms with E-state index in [1.54, 1.807) is 0 Å². The first-order valence-electron chi connectivity index (χ1n) is 9.58. The number of nitrogens with zero attached hydrogens (tertiary/aromatic N) is 1. The first kappa shape index (κ1) is 23.9. The minimum atomic E-state index is -0.0377. The van der Waals surface area contributed by atoms with Crippen LogP contribution in [0, 0.1) is 0 Å². The Morgan fingerprint density at radius 2 is 1.71 bits per heavy atom. The average Bonchev–Trinajstić information content (AvgIpc) is 2.71. The van der Waals surface area contributed by atoms with Crippen molar-refractivity contribution in [3.63, 3.8) is 0 Å². The predicted molar refractivity (Wildman–Crippen MR) is 127 cm³/mol. The highest BCUT2D eigenvalue weighted by Gasteiger charge is 2.09. The van der Waals surface area contributed by atoms with Crippen molar-refractivity contribution >= 4 is 35.8 Å². The lowest BCUT2D eigenvalue weighted by atomic mass is 10.1. The molecule has 0 aliphatic carbocycles. The molecule has 0 aliphatic heterocycles. The molecule has 3 N–H and O–H groups in total. The SMILES string of the molecule is CCNC(=NCc1cccc(C(=O)NC(C)CC)c1)NCc1ccccc1.I. The lowest BCUT2D eigenvalue weighted by Gasteiger charge is -2.13. The minimum absolute atomic E-state index is 0. The average molecular weight is 494 g/mol. The van der Waals surface area contributed by atoms with Gasteiger partial charge in [-0.2, -0.15) is 0 Å². The van der Waals surface area contributed by atoms with Crippen molar-refractivity contribution in [3.8, 4) is 0 Å². The zero-order valence-corrected chi connectivity index (χ0v) is 19.2. The highest BCUT2D eigenvalue weighted by Crippen LogP contribution is 2.08. The molecule has 0 saturated heterocycles. The van der Waals surface area contributed by atoms with Crippen LogP contribution >= 0.6 is 24.0 Å². The van der Waals surface area contributed by atoms with Crippen molar-refractivity contribution in [1.82, 2.24) is 16.0 Å². The van der Waals surface area contributed by atoms with E-state index in [0.717, 1.165) is 24.5 Å². The Kier molecular flexibility index (Phi) is 11.2. The second-order valence-corrected chi connectivity index (χ2v) is 6.52. The normalized spacial score (nSPS) is 11.9. The Balaban J connectivity index is 0.00000392. The van der Waals surface area contributed by atoms with Crippen molar-refractivity contribution in [2.45, 2.75) is 46.3 Å². The predicted octanol–water partition coefficient (Wildman–Crippen LogP) is 4.09. The van der Waals surface area contributed by atoms with Gasteiger partial charge in [0.25, 0.3) is 5.91 Å². The number of rotatable bonds is 8. The van der Waals surface area contributed by atoms with Crippen LogP contribution in [0.2, 0.25) is 0 Å². The summed E-state index contributed by atoms with van der Waals surface area (Å²) in [4.78, 5) is 16.9. The Bertz CT molecular complexity index is 749. The molecule has 28 heavy (non-hydrogen) atoms. The fourth-order valence-corrected chi connectivity index (χ4v) is 2.51. The maximum Gasteiger partial charge on any atom is 0.251 e. The van der Waals surface area contributed by atoms with Crippen LogP contribution in [-0.4, -0.2) is 24.5 Å². The van der Waals surface area contributed by atoms with Crippen LogP contribution in [-0.2, 0) is 13.1 Å². The third kappa shape index (κ3) is 8.29. The molecule has 1 amide bonds. The quantitative estimate of drug-likeness (QED) is 0.294. The van der Waals surface area contributed by atoms with E-state index >= 15 is 0 Å². The molecule has 0 spiro atoms. The van der Waals surface area contributed by atoms with Gasteiger partial charge in [-0.05, 0) is 43.5 Å². The number of carbonyl (C=O) groups is 1. The largest absolute Gasteiger partial charge is 0.357 e. The number of amides is 1. The third-order valence-corrected chi connectivity index (χ3v) is 4.25. The lowest BCUT2D eigenvalue weighted by Crippen LogP contribution is -2.36. The number of guanidine groups is 1. The molecule has 1 unspecified atom stereocenters. The number of nitrogens with one attached hydrogen (secondary N) is 3. The van der Waals surface area contributed by atoms with E-state index in [0.29, 0.717) is 18.7 Å². The molecule has 0 heterocycles. The molecule has 0 fully saturated rings. The fraction of sp³-hybridized carbons (Fsp3) is 0.364. The second kappa shape index (κ2) is 13.1. The molecule has 2 aromatic rings. The van der Waals surface area contributed by atoms with Gasteiger partial charge in [0.2, 0.25) is 0 Å². The molecule has 0 aliphatic rings. The van der Waals surface area contributed by atoms with E-state index < -0.39 is 0 Å². The topological polar surface area (TPSA) is 65.5 Å². The van der Waals surface area contributed by atoms with Gasteiger partial charge in [0.15, 0.2) is 5.96 Å². The maximum absolute atomic E-state index is 12.3. The van der Waals surface area contributed by atoms with Crippen LogP contribution in [0.3, 0.4) is 0 Å². The summed E-state index contributed by atoms with van der Waals surface area (Å²) < 4.78 is 0. The minimum Gasteiger partial charge on any atom is -0.357 e. The van der Waals surface area contributed by atoms with Crippen LogP contribution in [0.5, 0.6) is 0 Å². The van der Waals surface area contributed by atoms with Crippen LogP contribution in [0.4, 0.5) is 0 Å². The van der Waals surface area contributed by atoms with Gasteiger partial charge < -0.3 is 16.0 Å². The highest BCUT2D eigenvalue weighted by molar-refractivity contribution is 14.0. The van der Waals surface area contributed by atoms with Gasteiger partial charge >= 0.3 is 0 Å². The second-order valence-electron chi connectivity index (χ2n) is 6.52. The zero-order chi connectivity index (χ0) is 19.5. The van der Waals surface area contributed by atoms with E-state index in [1.807, 2.05) is 56.3 Å². The zero-order valence-electron chi connectivity index (χ0n) is 16.9. The van der Waals surface area contributed by atoms with Crippen LogP contribution in [0.15, 0.2) is 59.6 Å². The summed E-state index contributed by atoms with van der Waals surface area (Å²) in [6, 6.07) is 18.0. The fourth-order valence-electron chi connectivity index (χ4n) is 2.51. The molecule has 2 aromatic carbocycles. The Morgan fingerprint density at radius 1 is 1.00 bits per heavy atom. The Morgan fingerprint density at radius 3 is 2.39 bits per heavy atom. The van der Waals surface area contributed by atoms with E-state index in [1.165, 1.54) is 5.56 Å². The summed E-state index contributed by atoms with van der Waals surface area (Å²) in [5.74, 6) is 0.722. The monoisotopic (exact) mass is 494 g/mol. The molecule has 0 saturated carbocycles. The summed E-state index contributed by atoms with van der Waals surface area (Å²) in [5.41, 5.74) is 2.88. The van der Waals surface area contributed by atoms with Gasteiger partial charge in [-0.3, -0.25) is 4.79 Å². The number of hydrogen-bond donors (Lipinski definition) is 3. The molecule has 5 nitrogen and oxygen atoms in total. The first-order valence-corrected chi connectivity index (χ1v) is 9.58. The molecular weight excluding hydrogens is 463 g/mol. The van der Waals surface area contributed by atoms with Crippen LogP contribution in [0.1, 0.15) is 48.7 Å². The number of benzene rings is 2. The lowest BCUT2D eigenvalue weighted by molar-refractivity contribution is 0.0939. The Hall–Kier alpha value is -2.09. The molecule has 152 valence electrons. The molecule has 0 aromatic heterocycles. The van der Waals surface area contributed by atoms with E-state index in [4.69, 9.17) is 0 Å². The number of hydrogen-bond acceptors (Lipinski definition) is 2. The molecule has 1 atom stereocenters. The van der Waals surface area contributed by atoms with Gasteiger partial charge in [0.1, 0.15) is 0 Å². The maximum atomic E-state index is 12.3. The van der Waals surface area contributed by atoms with E-state index in [-0.39, 0.29) is 35.9 Å². The van der Waals surface area contributed by atoms with Crippen molar-refractivity contribution in [2.75, 3.05) is 6.54 Å². The third-order valence-electron chi connectivity index (χ3n) is 4.25. The summed E-state index contributed by atoms with van der Waals surface area (Å²) in [7, 11) is 0. The first-order chi connectivity index (χ1) is 13.1. The summed E-state index contributed by atoms with van der Waals surface area (Å²) in [6.07, 6.45) is 0.912. The standard InChI is InChI=1S/C22H30N4O.HI/c1-4-17(3)26-21(27)20-13-9-12-19(14-20)16-25-22(23-5-2)24-15-18-10-7-6-8-11-18;/h6-14,17H,4-5,15-16H2,1-3H3,(H,26,27)(H2,23,24,25);1H. The molecule has 0 radical (unpaired) electrons. The number of aliphatic imine (C=N–C) groups is 1. The van der Waals surface area contributed by atoms with Crippen LogP contribution in [0.25, 0.3) is 0 Å². The van der Waals surface area contributed by atoms with E-state index in [9.17, 15) is 4.79 Å². The summed E-state index contributed by atoms with van der Waals surface area (Å²) >= 11 is 0. The summed E-state index contributed by atoms with van der Waals surface area (Å²) in [5, 5.41) is 9.59. The van der Waals surface area contributed by atoms with Gasteiger partial charge in [0.05, 0.1) is 6.54 Å². The van der Waals surface area contributed by atoms with Gasteiger partial charge in [-0.1, -0.05) is 49.4 Å². The molecule has 6 heteroatoms. The highest BCUT2D eigenvalue weighted by atomic mass is 127. The van der Waals surface area contributed by atoms with Crippen molar-refractivity contribution in [1.29, 1.82) is 0 Å². The molecule has 2 rings (SSSR count). The van der Waals surface area contributed by atoms with Crippen molar-refractivity contribution in [2.24, 2.45) is 4.99 Å². The van der Waals surface area contributed by atoms with Crippen molar-refractivity contribution in [3.05, 3.63) is 71.3 Å². The van der Waals surface area contributed by atoms with Gasteiger partial charge in [-0.15, -0.1) is 24.0 Å². The molecule has 0 bridgehead atoms. The number of halogens is 1. The van der Waals surface area contributed by atoms with Crippen molar-refractivity contribution < 1.29 is 4.79 Å². The number of carbonyl (C=O) groups excluding carboxylic acids is 1. The van der Waals surface area contributed by atoms with Crippen LogP contribution < -0.4 is 16.0 Å². The van der Waals surface area contributed by atoms with Gasteiger partial charge in [-0.25, -0.2) is 4.99 Å².